The fourth-order valence-electron chi connectivity index (χ4n) is 3.05. The number of hydrogen-bond acceptors (Lipinski definition) is 6. The molecule has 2 aromatic heterocycles. The molecule has 0 fully saturated rings. The number of methoxy groups -OCH3 is 1. The lowest BCUT2D eigenvalue weighted by Crippen LogP contribution is -2.20. The van der Waals surface area contributed by atoms with Gasteiger partial charge < -0.3 is 9.47 Å². The first kappa shape index (κ1) is 19.1. The molecule has 0 bridgehead atoms. The molecule has 1 unspecified atom stereocenters. The van der Waals surface area contributed by atoms with Crippen molar-refractivity contribution < 1.29 is 19.2 Å². The minimum absolute atomic E-state index is 0.00929. The summed E-state index contributed by atoms with van der Waals surface area (Å²) >= 11 is 0. The number of carbonyl (C=O) groups is 1. The van der Waals surface area contributed by atoms with Gasteiger partial charge in [0.15, 0.2) is 0 Å². The van der Waals surface area contributed by atoms with Crippen molar-refractivity contribution in [3.63, 3.8) is 0 Å². The van der Waals surface area contributed by atoms with Crippen LogP contribution in [-0.2, 0) is 9.53 Å². The van der Waals surface area contributed by atoms with Gasteiger partial charge in [0, 0.05) is 23.4 Å². The number of nitrogens with zero attached hydrogens (tertiary/aromatic N) is 3. The summed E-state index contributed by atoms with van der Waals surface area (Å²) < 4.78 is 12.3. The van der Waals surface area contributed by atoms with Crippen molar-refractivity contribution in [3.05, 3.63) is 94.8 Å². The summed E-state index contributed by atoms with van der Waals surface area (Å²) in [4.78, 5) is 27.2. The Bertz CT molecular complexity index is 1200. The number of fused-ring (bicyclic) bond motifs is 1. The standard InChI is InChI=1S/C22H17N3O5/c1-29-22(26)21(16-5-3-2-4-6-16)30-18-10-7-15(8-11-18)19-14-24-13-17(25(27)28)9-12-20(24)23-19/h2-14,21H,1H3. The Balaban J connectivity index is 1.58. The summed E-state index contributed by atoms with van der Waals surface area (Å²) in [7, 11) is 1.32. The Morgan fingerprint density at radius 3 is 2.43 bits per heavy atom. The van der Waals surface area contributed by atoms with Crippen LogP contribution in [0, 0.1) is 10.1 Å². The highest BCUT2D eigenvalue weighted by molar-refractivity contribution is 5.77. The maximum atomic E-state index is 12.2. The van der Waals surface area contributed by atoms with Gasteiger partial charge in [-0.2, -0.15) is 0 Å². The monoisotopic (exact) mass is 403 g/mol. The molecule has 4 aromatic rings. The first-order chi connectivity index (χ1) is 14.5. The largest absolute Gasteiger partial charge is 0.474 e. The highest BCUT2D eigenvalue weighted by Gasteiger charge is 2.23. The van der Waals surface area contributed by atoms with Gasteiger partial charge in [0.25, 0.3) is 5.69 Å². The number of nitro groups is 1. The fraction of sp³-hybridized carbons (Fsp3) is 0.0909. The third-order valence-electron chi connectivity index (χ3n) is 4.57. The molecule has 30 heavy (non-hydrogen) atoms. The number of aromatic nitrogens is 2. The number of rotatable bonds is 6. The molecule has 2 heterocycles. The van der Waals surface area contributed by atoms with Crippen LogP contribution in [0.25, 0.3) is 16.9 Å². The first-order valence-corrected chi connectivity index (χ1v) is 9.08. The molecule has 0 amide bonds. The molecule has 0 saturated carbocycles. The molecule has 1 atom stereocenters. The molecule has 0 spiro atoms. The lowest BCUT2D eigenvalue weighted by Gasteiger charge is -2.17. The SMILES string of the molecule is COC(=O)C(Oc1ccc(-c2cn3cc([N+](=O)[O-])ccc3n2)cc1)c1ccccc1. The molecule has 2 aromatic carbocycles. The lowest BCUT2D eigenvalue weighted by molar-refractivity contribution is -0.385. The topological polar surface area (TPSA) is 96.0 Å². The van der Waals surface area contributed by atoms with Crippen molar-refractivity contribution in [3.8, 4) is 17.0 Å². The van der Waals surface area contributed by atoms with Gasteiger partial charge in [0.1, 0.15) is 11.4 Å². The maximum absolute atomic E-state index is 12.2. The summed E-state index contributed by atoms with van der Waals surface area (Å²) in [6, 6.07) is 19.2. The van der Waals surface area contributed by atoms with E-state index >= 15 is 0 Å². The average molecular weight is 403 g/mol. The zero-order chi connectivity index (χ0) is 21.1. The number of ether oxygens (including phenoxy) is 2. The predicted octanol–water partition coefficient (Wildman–Crippen LogP) is 4.20. The van der Waals surface area contributed by atoms with E-state index < -0.39 is 17.0 Å². The molecule has 0 aliphatic heterocycles. The van der Waals surface area contributed by atoms with E-state index in [4.69, 9.17) is 9.47 Å². The molecule has 0 aliphatic rings. The van der Waals surface area contributed by atoms with Crippen LogP contribution in [0.3, 0.4) is 0 Å². The van der Waals surface area contributed by atoms with Gasteiger partial charge >= 0.3 is 5.97 Å². The third kappa shape index (κ3) is 3.83. The number of esters is 1. The van der Waals surface area contributed by atoms with Gasteiger partial charge in [-0.3, -0.25) is 14.5 Å². The van der Waals surface area contributed by atoms with Gasteiger partial charge in [-0.25, -0.2) is 9.78 Å². The molecule has 8 heteroatoms. The van der Waals surface area contributed by atoms with Gasteiger partial charge in [-0.05, 0) is 30.3 Å². The highest BCUT2D eigenvalue weighted by atomic mass is 16.6. The number of benzene rings is 2. The van der Waals surface area contributed by atoms with E-state index in [1.165, 1.54) is 19.4 Å². The minimum atomic E-state index is -0.877. The van der Waals surface area contributed by atoms with E-state index in [0.717, 1.165) is 5.56 Å². The van der Waals surface area contributed by atoms with Crippen LogP contribution in [0.1, 0.15) is 11.7 Å². The van der Waals surface area contributed by atoms with Crippen LogP contribution in [0.4, 0.5) is 5.69 Å². The second-order valence-electron chi connectivity index (χ2n) is 6.49. The summed E-state index contributed by atoms with van der Waals surface area (Å²) in [5.74, 6) is 0.00428. The Morgan fingerprint density at radius 2 is 1.77 bits per heavy atom. The van der Waals surface area contributed by atoms with Gasteiger partial charge in [0.2, 0.25) is 6.10 Å². The molecule has 0 saturated heterocycles. The Morgan fingerprint density at radius 1 is 1.03 bits per heavy atom. The highest BCUT2D eigenvalue weighted by Crippen LogP contribution is 2.27. The number of imidazole rings is 1. The van der Waals surface area contributed by atoms with E-state index in [1.807, 2.05) is 30.3 Å². The van der Waals surface area contributed by atoms with Crippen LogP contribution in [0.15, 0.2) is 79.1 Å². The van der Waals surface area contributed by atoms with Crippen LogP contribution in [-0.4, -0.2) is 27.4 Å². The molecule has 0 aliphatic carbocycles. The molecule has 0 radical (unpaired) electrons. The fourth-order valence-corrected chi connectivity index (χ4v) is 3.05. The van der Waals surface area contributed by atoms with E-state index in [9.17, 15) is 14.9 Å². The van der Waals surface area contributed by atoms with Crippen LogP contribution >= 0.6 is 0 Å². The zero-order valence-electron chi connectivity index (χ0n) is 16.0. The Hall–Kier alpha value is -4.20. The van der Waals surface area contributed by atoms with Gasteiger partial charge in [0.05, 0.1) is 23.9 Å². The van der Waals surface area contributed by atoms with Crippen LogP contribution in [0.5, 0.6) is 5.75 Å². The van der Waals surface area contributed by atoms with Crippen molar-refractivity contribution >= 4 is 17.3 Å². The average Bonchev–Trinajstić information content (AvgIpc) is 3.21. The maximum Gasteiger partial charge on any atom is 0.351 e. The van der Waals surface area contributed by atoms with Crippen molar-refractivity contribution in [2.24, 2.45) is 0 Å². The summed E-state index contributed by atoms with van der Waals surface area (Å²) in [5, 5.41) is 10.9. The lowest BCUT2D eigenvalue weighted by atomic mass is 10.1. The van der Waals surface area contributed by atoms with Crippen molar-refractivity contribution in [1.82, 2.24) is 9.38 Å². The van der Waals surface area contributed by atoms with Crippen molar-refractivity contribution in [1.29, 1.82) is 0 Å². The quantitative estimate of drug-likeness (QED) is 0.272. The molecular formula is C22H17N3O5. The number of carbonyl (C=O) groups excluding carboxylic acids is 1. The van der Waals surface area contributed by atoms with Crippen molar-refractivity contribution in [2.75, 3.05) is 7.11 Å². The molecule has 8 nitrogen and oxygen atoms in total. The van der Waals surface area contributed by atoms with Crippen LogP contribution in [0.2, 0.25) is 0 Å². The van der Waals surface area contributed by atoms with E-state index in [0.29, 0.717) is 22.7 Å². The number of pyridine rings is 1. The second-order valence-corrected chi connectivity index (χ2v) is 6.49. The van der Waals surface area contributed by atoms with E-state index in [2.05, 4.69) is 4.98 Å². The Kier molecular flexibility index (Phi) is 5.13. The van der Waals surface area contributed by atoms with Gasteiger partial charge in [-0.15, -0.1) is 0 Å². The van der Waals surface area contributed by atoms with Crippen molar-refractivity contribution in [2.45, 2.75) is 6.10 Å². The minimum Gasteiger partial charge on any atom is -0.474 e. The van der Waals surface area contributed by atoms with E-state index in [-0.39, 0.29) is 5.69 Å². The molecular weight excluding hydrogens is 386 g/mol. The molecule has 0 N–H and O–H groups in total. The Labute approximate surface area is 171 Å². The predicted molar refractivity (Wildman–Crippen MR) is 109 cm³/mol. The smallest absolute Gasteiger partial charge is 0.351 e. The van der Waals surface area contributed by atoms with E-state index in [1.54, 1.807) is 40.9 Å². The molecule has 150 valence electrons. The van der Waals surface area contributed by atoms with Gasteiger partial charge in [-0.1, -0.05) is 30.3 Å². The molecule has 4 rings (SSSR count). The summed E-state index contributed by atoms with van der Waals surface area (Å²) in [6.07, 6.45) is 2.27. The normalized spacial score (nSPS) is 11.8. The van der Waals surface area contributed by atoms with Crippen LogP contribution < -0.4 is 4.74 Å². The zero-order valence-corrected chi connectivity index (χ0v) is 16.0. The third-order valence-corrected chi connectivity index (χ3v) is 4.57. The summed E-state index contributed by atoms with van der Waals surface area (Å²) in [5.41, 5.74) is 2.75. The summed E-state index contributed by atoms with van der Waals surface area (Å²) in [6.45, 7) is 0. The first-order valence-electron chi connectivity index (χ1n) is 9.08. The number of hydrogen-bond donors (Lipinski definition) is 0. The second kappa shape index (κ2) is 8.04.